The zero-order valence-corrected chi connectivity index (χ0v) is 17.0. The zero-order chi connectivity index (χ0) is 19.8. The molecule has 0 aliphatic carbocycles. The van der Waals surface area contributed by atoms with Crippen molar-refractivity contribution >= 4 is 40.4 Å². The maximum Gasteiger partial charge on any atom is 0.326 e. The molecule has 0 heterocycles. The molecule has 0 aliphatic heterocycles. The normalized spacial score (nSPS) is 12.7. The van der Waals surface area contributed by atoms with E-state index in [1.54, 1.807) is 0 Å². The fourth-order valence-corrected chi connectivity index (χ4v) is 3.27. The molecule has 0 aromatic heterocycles. The largest absolute Gasteiger partial charge is 0.480 e. The first-order valence-corrected chi connectivity index (χ1v) is 9.52. The number of hydrogen-bond acceptors (Lipinski definition) is 3. The van der Waals surface area contributed by atoms with Crippen molar-refractivity contribution in [1.82, 2.24) is 10.6 Å². The van der Waals surface area contributed by atoms with Gasteiger partial charge < -0.3 is 15.7 Å². The molecular formula is C20H21IN2O4. The van der Waals surface area contributed by atoms with Crippen molar-refractivity contribution in [1.29, 1.82) is 0 Å². The van der Waals surface area contributed by atoms with Crippen molar-refractivity contribution in [3.63, 3.8) is 0 Å². The van der Waals surface area contributed by atoms with E-state index >= 15 is 0 Å². The van der Waals surface area contributed by atoms with Crippen molar-refractivity contribution in [2.24, 2.45) is 0 Å². The summed E-state index contributed by atoms with van der Waals surface area (Å²) in [6.07, 6.45) is 0.444. The molecule has 0 fully saturated rings. The van der Waals surface area contributed by atoms with Crippen molar-refractivity contribution in [3.8, 4) is 0 Å². The molecule has 2 rings (SSSR count). The average Bonchev–Trinajstić information content (AvgIpc) is 2.62. The summed E-state index contributed by atoms with van der Waals surface area (Å²) in [5.41, 5.74) is 1.71. The highest BCUT2D eigenvalue weighted by Crippen LogP contribution is 2.14. The molecule has 0 saturated carbocycles. The smallest absolute Gasteiger partial charge is 0.326 e. The van der Waals surface area contributed by atoms with E-state index in [0.29, 0.717) is 0 Å². The predicted molar refractivity (Wildman–Crippen MR) is 110 cm³/mol. The molecule has 0 aliphatic rings. The summed E-state index contributed by atoms with van der Waals surface area (Å²) >= 11 is 2.13. The Kier molecular flexibility index (Phi) is 7.78. The monoisotopic (exact) mass is 480 g/mol. The number of hydrogen-bond donors (Lipinski definition) is 3. The van der Waals surface area contributed by atoms with Crippen LogP contribution in [0.25, 0.3) is 0 Å². The third-order valence-corrected chi connectivity index (χ3v) is 5.03. The second-order valence-corrected chi connectivity index (χ2v) is 7.30. The molecule has 6 nitrogen and oxygen atoms in total. The highest BCUT2D eigenvalue weighted by atomic mass is 127. The average molecular weight is 480 g/mol. The maximum absolute atomic E-state index is 12.7. The van der Waals surface area contributed by atoms with E-state index < -0.39 is 24.0 Å². The fraction of sp³-hybridized carbons (Fsp3) is 0.250. The Morgan fingerprint density at radius 2 is 1.56 bits per heavy atom. The van der Waals surface area contributed by atoms with Crippen LogP contribution in [0.15, 0.2) is 54.6 Å². The number of benzene rings is 2. The van der Waals surface area contributed by atoms with Gasteiger partial charge in [-0.25, -0.2) is 4.79 Å². The maximum atomic E-state index is 12.7. The highest BCUT2D eigenvalue weighted by molar-refractivity contribution is 14.1. The van der Waals surface area contributed by atoms with Crippen LogP contribution in [0.5, 0.6) is 0 Å². The van der Waals surface area contributed by atoms with Gasteiger partial charge in [0.2, 0.25) is 11.8 Å². The summed E-state index contributed by atoms with van der Waals surface area (Å²) in [6, 6.07) is 14.7. The number of carbonyl (C=O) groups excluding carboxylic acids is 2. The van der Waals surface area contributed by atoms with Gasteiger partial charge in [0.25, 0.3) is 0 Å². The van der Waals surface area contributed by atoms with Crippen LogP contribution >= 0.6 is 22.6 Å². The Morgan fingerprint density at radius 1 is 0.926 bits per heavy atom. The standard InChI is InChI=1S/C20H21IN2O4/c1-13(24)22-17(11-14-7-3-2-4-8-14)19(25)23-18(20(26)27)12-15-9-5-6-10-16(15)21/h2-10,17-18H,11-12H2,1H3,(H,22,24)(H,23,25)(H,26,27)/t17-,18+/m0/s1. The molecule has 0 radical (unpaired) electrons. The van der Waals surface area contributed by atoms with Gasteiger partial charge in [-0.2, -0.15) is 0 Å². The molecule has 0 bridgehead atoms. The van der Waals surface area contributed by atoms with Gasteiger partial charge in [0.15, 0.2) is 0 Å². The van der Waals surface area contributed by atoms with E-state index in [1.807, 2.05) is 54.6 Å². The number of carboxylic acid groups (broad SMARTS) is 1. The molecule has 2 aromatic rings. The molecule has 2 atom stereocenters. The molecule has 0 saturated heterocycles. The van der Waals surface area contributed by atoms with Crippen LogP contribution in [-0.4, -0.2) is 35.0 Å². The van der Waals surface area contributed by atoms with Crippen molar-refractivity contribution < 1.29 is 19.5 Å². The van der Waals surface area contributed by atoms with Crippen LogP contribution in [-0.2, 0) is 27.2 Å². The van der Waals surface area contributed by atoms with Crippen LogP contribution < -0.4 is 10.6 Å². The SMILES string of the molecule is CC(=O)N[C@@H](Cc1ccccc1)C(=O)N[C@H](Cc1ccccc1I)C(=O)O. The molecule has 0 spiro atoms. The van der Waals surface area contributed by atoms with Gasteiger partial charge in [0.05, 0.1) is 0 Å². The lowest BCUT2D eigenvalue weighted by atomic mass is 10.0. The van der Waals surface area contributed by atoms with Crippen LogP contribution in [0.3, 0.4) is 0 Å². The van der Waals surface area contributed by atoms with E-state index in [1.165, 1.54) is 6.92 Å². The van der Waals surface area contributed by atoms with Gasteiger partial charge in [0.1, 0.15) is 12.1 Å². The number of nitrogens with one attached hydrogen (secondary N) is 2. The molecule has 142 valence electrons. The molecular weight excluding hydrogens is 459 g/mol. The Balaban J connectivity index is 2.13. The molecule has 0 unspecified atom stereocenters. The Bertz CT molecular complexity index is 811. The minimum absolute atomic E-state index is 0.165. The van der Waals surface area contributed by atoms with Gasteiger partial charge in [0, 0.05) is 23.3 Å². The van der Waals surface area contributed by atoms with Gasteiger partial charge in [-0.1, -0.05) is 48.5 Å². The summed E-state index contributed by atoms with van der Waals surface area (Å²) in [6.45, 7) is 1.33. The van der Waals surface area contributed by atoms with Gasteiger partial charge >= 0.3 is 5.97 Å². The first-order valence-electron chi connectivity index (χ1n) is 8.44. The first-order chi connectivity index (χ1) is 12.9. The lowest BCUT2D eigenvalue weighted by molar-refractivity contribution is -0.142. The zero-order valence-electron chi connectivity index (χ0n) is 14.8. The topological polar surface area (TPSA) is 95.5 Å². The van der Waals surface area contributed by atoms with E-state index in [2.05, 4.69) is 33.2 Å². The predicted octanol–water partition coefficient (Wildman–Crippen LogP) is 2.15. The van der Waals surface area contributed by atoms with Gasteiger partial charge in [-0.3, -0.25) is 9.59 Å². The summed E-state index contributed by atoms with van der Waals surface area (Å²) in [4.78, 5) is 35.8. The summed E-state index contributed by atoms with van der Waals surface area (Å²) in [5.74, 6) is -1.99. The van der Waals surface area contributed by atoms with E-state index in [-0.39, 0.29) is 18.7 Å². The van der Waals surface area contributed by atoms with E-state index in [9.17, 15) is 19.5 Å². The van der Waals surface area contributed by atoms with Crippen molar-refractivity contribution in [3.05, 3.63) is 69.3 Å². The van der Waals surface area contributed by atoms with Gasteiger partial charge in [-0.15, -0.1) is 0 Å². The number of carbonyl (C=O) groups is 3. The third kappa shape index (κ3) is 6.67. The molecule has 3 N–H and O–H groups in total. The molecule has 2 aromatic carbocycles. The number of amides is 2. The molecule has 27 heavy (non-hydrogen) atoms. The lowest BCUT2D eigenvalue weighted by Gasteiger charge is -2.21. The van der Waals surface area contributed by atoms with Gasteiger partial charge in [-0.05, 0) is 39.8 Å². The Hall–Kier alpha value is -2.42. The molecule has 2 amide bonds. The van der Waals surface area contributed by atoms with E-state index in [0.717, 1.165) is 14.7 Å². The molecule has 7 heteroatoms. The number of aliphatic carboxylic acids is 1. The van der Waals surface area contributed by atoms with Crippen molar-refractivity contribution in [2.75, 3.05) is 0 Å². The fourth-order valence-electron chi connectivity index (χ4n) is 2.66. The summed E-state index contributed by atoms with van der Waals surface area (Å²) in [7, 11) is 0. The van der Waals surface area contributed by atoms with Crippen molar-refractivity contribution in [2.45, 2.75) is 31.8 Å². The third-order valence-electron chi connectivity index (χ3n) is 3.97. The van der Waals surface area contributed by atoms with Crippen LogP contribution in [0, 0.1) is 3.57 Å². The summed E-state index contributed by atoms with van der Waals surface area (Å²) < 4.78 is 0.929. The van der Waals surface area contributed by atoms with Crippen LogP contribution in [0.4, 0.5) is 0 Å². The highest BCUT2D eigenvalue weighted by Gasteiger charge is 2.26. The lowest BCUT2D eigenvalue weighted by Crippen LogP contribution is -2.52. The number of halogens is 1. The minimum atomic E-state index is -1.12. The second kappa shape index (κ2) is 10.1. The second-order valence-electron chi connectivity index (χ2n) is 6.14. The number of rotatable bonds is 8. The Morgan fingerprint density at radius 3 is 2.15 bits per heavy atom. The minimum Gasteiger partial charge on any atom is -0.480 e. The summed E-state index contributed by atoms with van der Waals surface area (Å²) in [5, 5.41) is 14.7. The van der Waals surface area contributed by atoms with E-state index in [4.69, 9.17) is 0 Å². The van der Waals surface area contributed by atoms with Crippen LogP contribution in [0.2, 0.25) is 0 Å². The number of carboxylic acids is 1. The Labute approximate surface area is 171 Å². The van der Waals surface area contributed by atoms with Crippen LogP contribution in [0.1, 0.15) is 18.1 Å². The quantitative estimate of drug-likeness (QED) is 0.505. The first kappa shape index (κ1) is 20.9.